The normalized spacial score (nSPS) is 11.6. The highest BCUT2D eigenvalue weighted by molar-refractivity contribution is 9.10. The Bertz CT molecular complexity index is 758. The third-order valence-corrected chi connectivity index (χ3v) is 5.02. The number of anilines is 1. The van der Waals surface area contributed by atoms with E-state index in [-0.39, 0.29) is 17.2 Å². The van der Waals surface area contributed by atoms with E-state index in [1.54, 1.807) is 24.0 Å². The summed E-state index contributed by atoms with van der Waals surface area (Å²) in [4.78, 5) is 4.05. The summed E-state index contributed by atoms with van der Waals surface area (Å²) in [6.07, 6.45) is 3.34. The maximum Gasteiger partial charge on any atom is 0.244 e. The summed E-state index contributed by atoms with van der Waals surface area (Å²) >= 11 is 3.23. The number of rotatable bonds is 5. The molecule has 0 aliphatic rings. The second-order valence-corrected chi connectivity index (χ2v) is 6.89. The Morgan fingerprint density at radius 1 is 1.48 bits per heavy atom. The topological polar surface area (TPSA) is 99.2 Å². The van der Waals surface area contributed by atoms with E-state index in [4.69, 9.17) is 10.5 Å². The molecule has 0 saturated heterocycles. The zero-order valence-corrected chi connectivity index (χ0v) is 13.9. The lowest BCUT2D eigenvalue weighted by molar-refractivity contribution is 0.402. The maximum atomic E-state index is 12.4. The number of methoxy groups -OCH3 is 1. The van der Waals surface area contributed by atoms with Crippen LogP contribution in [0.2, 0.25) is 0 Å². The molecule has 2 aromatic rings. The number of nitrogens with two attached hydrogens (primary N) is 1. The molecule has 7 nitrogen and oxygen atoms in total. The minimum absolute atomic E-state index is 0.0140. The lowest BCUT2D eigenvalue weighted by atomic mass is 10.3. The van der Waals surface area contributed by atoms with E-state index in [1.807, 2.05) is 0 Å². The van der Waals surface area contributed by atoms with Gasteiger partial charge in [-0.1, -0.05) is 0 Å². The van der Waals surface area contributed by atoms with Crippen molar-refractivity contribution >= 4 is 31.6 Å². The fourth-order valence-corrected chi connectivity index (χ4v) is 3.21. The standard InChI is InChI=1S/C12H15BrN4O3S/c1-17-4-3-15-12(17)7-16-21(18,19)11-6-9(14)8(13)5-10(11)20-2/h3-6,16H,7,14H2,1-2H3. The van der Waals surface area contributed by atoms with Crippen LogP contribution in [0.15, 0.2) is 33.9 Å². The summed E-state index contributed by atoms with van der Waals surface area (Å²) in [5.74, 6) is 0.811. The van der Waals surface area contributed by atoms with Crippen molar-refractivity contribution in [3.05, 3.63) is 34.8 Å². The summed E-state index contributed by atoms with van der Waals surface area (Å²) in [6, 6.07) is 2.87. The molecule has 0 fully saturated rings. The molecule has 0 atom stereocenters. The van der Waals surface area contributed by atoms with Crippen LogP contribution in [0.1, 0.15) is 5.82 Å². The first-order valence-electron chi connectivity index (χ1n) is 5.94. The summed E-state index contributed by atoms with van der Waals surface area (Å²) in [6.45, 7) is 0.0744. The highest BCUT2D eigenvalue weighted by Crippen LogP contribution is 2.32. The van der Waals surface area contributed by atoms with Crippen molar-refractivity contribution in [2.24, 2.45) is 7.05 Å². The van der Waals surface area contributed by atoms with Crippen molar-refractivity contribution in [3.63, 3.8) is 0 Å². The van der Waals surface area contributed by atoms with Gasteiger partial charge in [-0.15, -0.1) is 0 Å². The lowest BCUT2D eigenvalue weighted by Gasteiger charge is -2.12. The molecule has 0 spiro atoms. The molecule has 114 valence electrons. The molecule has 0 unspecified atom stereocenters. The molecule has 0 aliphatic heterocycles. The molecule has 0 aliphatic carbocycles. The first kappa shape index (κ1) is 15.8. The molecular formula is C12H15BrN4O3S. The molecule has 9 heteroatoms. The zero-order chi connectivity index (χ0) is 15.6. The Morgan fingerprint density at radius 2 is 2.19 bits per heavy atom. The molecule has 1 aromatic heterocycles. The van der Waals surface area contributed by atoms with E-state index in [2.05, 4.69) is 25.6 Å². The summed E-state index contributed by atoms with van der Waals surface area (Å²) in [7, 11) is -0.579. The Labute approximate surface area is 131 Å². The molecule has 0 amide bonds. The van der Waals surface area contributed by atoms with E-state index in [9.17, 15) is 8.42 Å². The van der Waals surface area contributed by atoms with Crippen LogP contribution in [0.3, 0.4) is 0 Å². The Morgan fingerprint density at radius 3 is 2.76 bits per heavy atom. The van der Waals surface area contributed by atoms with Gasteiger partial charge in [0.15, 0.2) is 0 Å². The molecule has 21 heavy (non-hydrogen) atoms. The number of imidazole rings is 1. The van der Waals surface area contributed by atoms with Crippen LogP contribution in [0, 0.1) is 0 Å². The number of hydrogen-bond donors (Lipinski definition) is 2. The minimum Gasteiger partial charge on any atom is -0.495 e. The summed E-state index contributed by atoms with van der Waals surface area (Å²) in [5.41, 5.74) is 6.06. The number of nitrogen functional groups attached to an aromatic ring is 1. The Balaban J connectivity index is 2.31. The van der Waals surface area contributed by atoms with Gasteiger partial charge in [0.05, 0.1) is 13.7 Å². The number of nitrogens with one attached hydrogen (secondary N) is 1. The predicted molar refractivity (Wildman–Crippen MR) is 82.3 cm³/mol. The van der Waals surface area contributed by atoms with Gasteiger partial charge in [0.2, 0.25) is 10.0 Å². The van der Waals surface area contributed by atoms with Crippen molar-refractivity contribution < 1.29 is 13.2 Å². The fourth-order valence-electron chi connectivity index (χ4n) is 1.72. The first-order chi connectivity index (χ1) is 9.85. The van der Waals surface area contributed by atoms with Crippen molar-refractivity contribution in [1.29, 1.82) is 0 Å². The lowest BCUT2D eigenvalue weighted by Crippen LogP contribution is -2.25. The number of benzene rings is 1. The van der Waals surface area contributed by atoms with Crippen molar-refractivity contribution in [2.75, 3.05) is 12.8 Å². The molecule has 0 bridgehead atoms. The van der Waals surface area contributed by atoms with Crippen LogP contribution in [-0.2, 0) is 23.6 Å². The predicted octanol–water partition coefficient (Wildman–Crippen LogP) is 1.25. The molecule has 3 N–H and O–H groups in total. The van der Waals surface area contributed by atoms with Crippen LogP contribution in [-0.4, -0.2) is 25.1 Å². The van der Waals surface area contributed by atoms with Crippen LogP contribution in [0.5, 0.6) is 5.75 Å². The summed E-state index contributed by atoms with van der Waals surface area (Å²) in [5, 5.41) is 0. The van der Waals surface area contributed by atoms with E-state index < -0.39 is 10.0 Å². The van der Waals surface area contributed by atoms with E-state index in [1.165, 1.54) is 19.2 Å². The van der Waals surface area contributed by atoms with Gasteiger partial charge in [0, 0.05) is 29.6 Å². The molecular weight excluding hydrogens is 360 g/mol. The maximum absolute atomic E-state index is 12.4. The minimum atomic E-state index is -3.76. The fraction of sp³-hybridized carbons (Fsp3) is 0.250. The number of sulfonamides is 1. The van der Waals surface area contributed by atoms with Gasteiger partial charge in [-0.25, -0.2) is 18.1 Å². The van der Waals surface area contributed by atoms with Gasteiger partial charge in [-0.3, -0.25) is 0 Å². The molecule has 1 heterocycles. The SMILES string of the molecule is COc1cc(Br)c(N)cc1S(=O)(=O)NCc1nccn1C. The number of halogens is 1. The third-order valence-electron chi connectivity index (χ3n) is 2.91. The Kier molecular flexibility index (Phi) is 4.55. The average molecular weight is 375 g/mol. The van der Waals surface area contributed by atoms with Gasteiger partial charge in [0.1, 0.15) is 16.5 Å². The smallest absolute Gasteiger partial charge is 0.244 e. The summed E-state index contributed by atoms with van der Waals surface area (Å²) < 4.78 is 34.6. The van der Waals surface area contributed by atoms with E-state index in [0.29, 0.717) is 16.0 Å². The van der Waals surface area contributed by atoms with E-state index in [0.717, 1.165) is 0 Å². The number of aromatic nitrogens is 2. The van der Waals surface area contributed by atoms with Gasteiger partial charge in [0.25, 0.3) is 0 Å². The Hall–Kier alpha value is -1.58. The second kappa shape index (κ2) is 6.04. The third kappa shape index (κ3) is 3.36. The monoisotopic (exact) mass is 374 g/mol. The number of hydrogen-bond acceptors (Lipinski definition) is 5. The highest BCUT2D eigenvalue weighted by atomic mass is 79.9. The average Bonchev–Trinajstić information content (AvgIpc) is 2.84. The molecule has 1 aromatic carbocycles. The van der Waals surface area contributed by atoms with Gasteiger partial charge in [-0.2, -0.15) is 0 Å². The molecule has 0 saturated carbocycles. The van der Waals surface area contributed by atoms with Gasteiger partial charge < -0.3 is 15.0 Å². The second-order valence-electron chi connectivity index (χ2n) is 4.30. The van der Waals surface area contributed by atoms with Gasteiger partial charge >= 0.3 is 0 Å². The highest BCUT2D eigenvalue weighted by Gasteiger charge is 2.21. The van der Waals surface area contributed by atoms with Gasteiger partial charge in [-0.05, 0) is 28.1 Å². The number of nitrogens with zero attached hydrogens (tertiary/aromatic N) is 2. The van der Waals surface area contributed by atoms with Crippen LogP contribution >= 0.6 is 15.9 Å². The number of ether oxygens (including phenoxy) is 1. The largest absolute Gasteiger partial charge is 0.495 e. The van der Waals surface area contributed by atoms with Crippen LogP contribution in [0.4, 0.5) is 5.69 Å². The quantitative estimate of drug-likeness (QED) is 0.767. The van der Waals surface area contributed by atoms with Crippen LogP contribution < -0.4 is 15.2 Å². The number of aryl methyl sites for hydroxylation is 1. The first-order valence-corrected chi connectivity index (χ1v) is 8.21. The molecule has 0 radical (unpaired) electrons. The zero-order valence-electron chi connectivity index (χ0n) is 11.5. The van der Waals surface area contributed by atoms with Crippen molar-refractivity contribution in [2.45, 2.75) is 11.4 Å². The van der Waals surface area contributed by atoms with E-state index >= 15 is 0 Å². The van der Waals surface area contributed by atoms with Crippen molar-refractivity contribution in [3.8, 4) is 5.75 Å². The van der Waals surface area contributed by atoms with Crippen LogP contribution in [0.25, 0.3) is 0 Å². The molecule has 2 rings (SSSR count). The van der Waals surface area contributed by atoms with Crippen molar-refractivity contribution in [1.82, 2.24) is 14.3 Å².